The Labute approximate surface area is 201 Å². The van der Waals surface area contributed by atoms with E-state index < -0.39 is 0 Å². The molecule has 0 saturated heterocycles. The van der Waals surface area contributed by atoms with Crippen molar-refractivity contribution in [3.63, 3.8) is 0 Å². The van der Waals surface area contributed by atoms with E-state index in [-0.39, 0.29) is 26.2 Å². The molecule has 2 fully saturated rings. The predicted molar refractivity (Wildman–Crippen MR) is 127 cm³/mol. The van der Waals surface area contributed by atoms with Gasteiger partial charge in [0, 0.05) is 11.1 Å². The van der Waals surface area contributed by atoms with Crippen LogP contribution in [0, 0.1) is 76.0 Å². The van der Waals surface area contributed by atoms with Crippen molar-refractivity contribution in [2.24, 2.45) is 0 Å². The SMILES string of the molecule is C(#Cc1ccccc1)c1ccccc1.CP(C)C.[CH]1[CH][CH][CH][CH]1.[CH]1[CH][CH][CH][CH]1.[Zr+2]. The van der Waals surface area contributed by atoms with Gasteiger partial charge in [-0.2, -0.15) is 0 Å². The van der Waals surface area contributed by atoms with Crippen molar-refractivity contribution in [1.82, 2.24) is 0 Å². The maximum absolute atomic E-state index is 3.11. The van der Waals surface area contributed by atoms with Gasteiger partial charge in [-0.05, 0) is 108 Å². The van der Waals surface area contributed by atoms with Gasteiger partial charge in [-0.1, -0.05) is 48.2 Å². The summed E-state index contributed by atoms with van der Waals surface area (Å²) in [6.07, 6.45) is 20.0. The molecule has 0 spiro atoms. The molecule has 2 aliphatic carbocycles. The minimum Gasteiger partial charge on any atom is -0.116 e. The number of hydrogen-bond acceptors (Lipinski definition) is 0. The second-order valence-corrected chi connectivity index (χ2v) is 8.93. The zero-order chi connectivity index (χ0) is 20.3. The van der Waals surface area contributed by atoms with Crippen LogP contribution in [0.25, 0.3) is 0 Å². The summed E-state index contributed by atoms with van der Waals surface area (Å²) in [4.78, 5) is 0. The normalized spacial score (nSPS) is 13.8. The zero-order valence-electron chi connectivity index (χ0n) is 17.5. The molecule has 0 unspecified atom stereocenters. The molecule has 2 aliphatic rings. The summed E-state index contributed by atoms with van der Waals surface area (Å²) in [6.45, 7) is 6.69. The van der Waals surface area contributed by atoms with E-state index >= 15 is 0 Å². The fourth-order valence-electron chi connectivity index (χ4n) is 1.83. The summed E-state index contributed by atoms with van der Waals surface area (Å²) in [6, 6.07) is 20.0. The molecule has 2 aromatic carbocycles. The van der Waals surface area contributed by atoms with E-state index in [0.29, 0.717) is 7.92 Å². The molecular formula is C27H29PZr+2. The fraction of sp³-hybridized carbons (Fsp3) is 0.111. The quantitative estimate of drug-likeness (QED) is 0.302. The number of hydrogen-bond donors (Lipinski definition) is 0. The largest absolute Gasteiger partial charge is 2.00 e. The van der Waals surface area contributed by atoms with Crippen molar-refractivity contribution >= 4 is 7.92 Å². The molecule has 2 aromatic rings. The van der Waals surface area contributed by atoms with Crippen LogP contribution in [0.15, 0.2) is 60.7 Å². The maximum Gasteiger partial charge on any atom is 2.00 e. The topological polar surface area (TPSA) is 0 Å². The molecule has 144 valence electrons. The molecule has 0 heterocycles. The van der Waals surface area contributed by atoms with Crippen molar-refractivity contribution < 1.29 is 26.2 Å². The van der Waals surface area contributed by atoms with Crippen molar-refractivity contribution in [3.05, 3.63) is 136 Å². The molecule has 0 nitrogen and oxygen atoms in total. The summed E-state index contributed by atoms with van der Waals surface area (Å²) >= 11 is 0. The summed E-state index contributed by atoms with van der Waals surface area (Å²) in [7, 11) is 0.380. The van der Waals surface area contributed by atoms with Crippen molar-refractivity contribution in [2.75, 3.05) is 20.0 Å². The molecule has 2 saturated carbocycles. The van der Waals surface area contributed by atoms with Gasteiger partial charge in [0.05, 0.1) is 0 Å². The zero-order valence-corrected chi connectivity index (χ0v) is 20.8. The van der Waals surface area contributed by atoms with Gasteiger partial charge in [-0.3, -0.25) is 0 Å². The molecule has 10 radical (unpaired) electrons. The summed E-state index contributed by atoms with van der Waals surface area (Å²) in [5.74, 6) is 6.22. The first-order valence-electron chi connectivity index (χ1n) is 9.25. The first kappa shape index (κ1) is 28.3. The molecule has 4 rings (SSSR count). The molecule has 2 heteroatoms. The first-order chi connectivity index (χ1) is 13.7. The predicted octanol–water partition coefficient (Wildman–Crippen LogP) is 6.48. The summed E-state index contributed by atoms with van der Waals surface area (Å²) in [5.41, 5.74) is 2.10. The van der Waals surface area contributed by atoms with E-state index in [0.717, 1.165) is 11.1 Å². The Morgan fingerprint density at radius 1 is 0.448 bits per heavy atom. The average molecular weight is 476 g/mol. The second-order valence-electron chi connectivity index (χ2n) is 6.25. The van der Waals surface area contributed by atoms with Gasteiger partial charge in [0.25, 0.3) is 0 Å². The molecule has 0 atom stereocenters. The van der Waals surface area contributed by atoms with E-state index in [1.54, 1.807) is 0 Å². The summed E-state index contributed by atoms with van der Waals surface area (Å²) < 4.78 is 0. The molecular weight excluding hydrogens is 446 g/mol. The Balaban J connectivity index is 0.000000430. The molecule has 0 aromatic heterocycles. The molecule has 0 aliphatic heterocycles. The van der Waals surface area contributed by atoms with Crippen LogP contribution in [-0.4, -0.2) is 20.0 Å². The minimum absolute atomic E-state index is 0. The van der Waals surface area contributed by atoms with E-state index in [1.807, 2.05) is 125 Å². The van der Waals surface area contributed by atoms with Gasteiger partial charge in [0.2, 0.25) is 0 Å². The Bertz CT molecular complexity index is 561. The second kappa shape index (κ2) is 20.6. The van der Waals surface area contributed by atoms with E-state index in [1.165, 1.54) is 0 Å². The number of benzene rings is 2. The third-order valence-corrected chi connectivity index (χ3v) is 3.01. The number of rotatable bonds is 0. The van der Waals surface area contributed by atoms with E-state index in [9.17, 15) is 0 Å². The standard InChI is InChI=1S/C14H10.2C5H5.C3H9P.Zr/c1-3-7-13(8-4-1)11-12-14-9-5-2-6-10-14;2*1-2-4-5-3-1;1-4(2)3;/h1-10H;2*1-5H;1-3H3;/q;;;;+2. The van der Waals surface area contributed by atoms with Gasteiger partial charge >= 0.3 is 26.2 Å². The molecule has 0 amide bonds. The average Bonchev–Trinajstić information content (AvgIpc) is 3.46. The molecule has 29 heavy (non-hydrogen) atoms. The van der Waals surface area contributed by atoms with Crippen LogP contribution in [0.1, 0.15) is 11.1 Å². The van der Waals surface area contributed by atoms with Crippen LogP contribution in [-0.2, 0) is 26.2 Å². The van der Waals surface area contributed by atoms with Crippen LogP contribution in [0.3, 0.4) is 0 Å². The first-order valence-corrected chi connectivity index (χ1v) is 11.9. The Hall–Kier alpha value is -0.687. The van der Waals surface area contributed by atoms with Gasteiger partial charge in [0.15, 0.2) is 0 Å². The Morgan fingerprint density at radius 3 is 0.862 bits per heavy atom. The van der Waals surface area contributed by atoms with Crippen LogP contribution in [0.4, 0.5) is 0 Å². The van der Waals surface area contributed by atoms with Crippen LogP contribution in [0.5, 0.6) is 0 Å². The molecule has 0 N–H and O–H groups in total. The van der Waals surface area contributed by atoms with Crippen molar-refractivity contribution in [3.8, 4) is 11.8 Å². The Kier molecular flexibility index (Phi) is 20.1. The summed E-state index contributed by atoms with van der Waals surface area (Å²) in [5, 5.41) is 0. The third kappa shape index (κ3) is 19.0. The monoisotopic (exact) mass is 474 g/mol. The van der Waals surface area contributed by atoms with Crippen LogP contribution < -0.4 is 0 Å². The van der Waals surface area contributed by atoms with Gasteiger partial charge < -0.3 is 0 Å². The smallest absolute Gasteiger partial charge is 0.116 e. The van der Waals surface area contributed by atoms with Gasteiger partial charge in [0.1, 0.15) is 0 Å². The van der Waals surface area contributed by atoms with E-state index in [2.05, 4.69) is 31.8 Å². The van der Waals surface area contributed by atoms with Crippen LogP contribution >= 0.6 is 7.92 Å². The Morgan fingerprint density at radius 2 is 0.655 bits per heavy atom. The van der Waals surface area contributed by atoms with E-state index in [4.69, 9.17) is 0 Å². The maximum atomic E-state index is 3.11. The van der Waals surface area contributed by atoms with Crippen molar-refractivity contribution in [2.45, 2.75) is 0 Å². The van der Waals surface area contributed by atoms with Gasteiger partial charge in [-0.25, -0.2) is 0 Å². The third-order valence-electron chi connectivity index (χ3n) is 3.01. The van der Waals surface area contributed by atoms with Crippen molar-refractivity contribution in [1.29, 1.82) is 0 Å². The molecule has 0 bridgehead atoms. The van der Waals surface area contributed by atoms with Crippen LogP contribution in [0.2, 0.25) is 0 Å². The van der Waals surface area contributed by atoms with Gasteiger partial charge in [-0.15, -0.1) is 7.92 Å². The minimum atomic E-state index is 0. The fourth-order valence-corrected chi connectivity index (χ4v) is 1.83.